The lowest BCUT2D eigenvalue weighted by Gasteiger charge is -2.19. The third kappa shape index (κ3) is 4.37. The lowest BCUT2D eigenvalue weighted by Crippen LogP contribution is -2.37. The molecule has 1 saturated heterocycles. The average molecular weight is 461 g/mol. The number of nitrogens with two attached hydrogens (primary N) is 2. The molecule has 2 aromatic heterocycles. The van der Waals surface area contributed by atoms with Crippen LogP contribution in [0.1, 0.15) is 35.1 Å². The average Bonchev–Trinajstić information content (AvgIpc) is 3.27. The van der Waals surface area contributed by atoms with Crippen molar-refractivity contribution in [2.75, 3.05) is 24.8 Å². The molecule has 3 atom stereocenters. The van der Waals surface area contributed by atoms with Crippen LogP contribution in [0.4, 0.5) is 15.1 Å². The summed E-state index contributed by atoms with van der Waals surface area (Å²) >= 11 is 1.06. The Kier molecular flexibility index (Phi) is 6.51. The fraction of sp³-hybridized carbons (Fsp3) is 0.381. The van der Waals surface area contributed by atoms with Crippen LogP contribution in [0, 0.1) is 5.82 Å². The Morgan fingerprint density at radius 1 is 1.38 bits per heavy atom. The van der Waals surface area contributed by atoms with Crippen LogP contribution in [0.3, 0.4) is 0 Å². The van der Waals surface area contributed by atoms with E-state index in [0.29, 0.717) is 41.4 Å². The highest BCUT2D eigenvalue weighted by atomic mass is 32.1. The first-order valence-corrected chi connectivity index (χ1v) is 10.9. The number of hydrogen-bond donors (Lipinski definition) is 3. The van der Waals surface area contributed by atoms with E-state index in [1.54, 1.807) is 43.2 Å². The largest absolute Gasteiger partial charge is 0.389 e. The molecule has 1 aliphatic heterocycles. The van der Waals surface area contributed by atoms with Crippen LogP contribution in [-0.2, 0) is 16.5 Å². The Morgan fingerprint density at radius 2 is 2.16 bits per heavy atom. The number of nitrogens with zero attached hydrogens (tertiary/aromatic N) is 3. The summed E-state index contributed by atoms with van der Waals surface area (Å²) in [6, 6.07) is 6.08. The van der Waals surface area contributed by atoms with E-state index in [1.807, 2.05) is 0 Å². The van der Waals surface area contributed by atoms with E-state index in [-0.39, 0.29) is 28.9 Å². The highest BCUT2D eigenvalue weighted by molar-refractivity contribution is 7.19. The zero-order chi connectivity index (χ0) is 22.8. The number of nitrogens with one attached hydrogen (secondary N) is 1. The number of rotatable bonds is 5. The fourth-order valence-corrected chi connectivity index (χ4v) is 4.61. The first-order chi connectivity index (χ1) is 15.4. The van der Waals surface area contributed by atoms with E-state index in [2.05, 4.69) is 15.4 Å². The molecule has 1 amide bonds. The predicted molar refractivity (Wildman–Crippen MR) is 120 cm³/mol. The molecule has 0 saturated carbocycles. The van der Waals surface area contributed by atoms with Gasteiger partial charge < -0.3 is 26.3 Å². The highest BCUT2D eigenvalue weighted by Crippen LogP contribution is 2.34. The van der Waals surface area contributed by atoms with Crippen LogP contribution in [0.25, 0.3) is 10.6 Å². The third-order valence-electron chi connectivity index (χ3n) is 5.51. The molecule has 0 aliphatic carbocycles. The Bertz CT molecular complexity index is 1120. The lowest BCUT2D eigenvalue weighted by atomic mass is 10.0. The van der Waals surface area contributed by atoms with Crippen molar-refractivity contribution in [1.29, 1.82) is 0 Å². The quantitative estimate of drug-likeness (QED) is 0.534. The maximum atomic E-state index is 14.1. The molecule has 1 aliphatic rings. The van der Waals surface area contributed by atoms with Gasteiger partial charge in [-0.05, 0) is 25.0 Å². The molecule has 4 rings (SSSR count). The van der Waals surface area contributed by atoms with Crippen molar-refractivity contribution >= 4 is 27.9 Å². The van der Waals surface area contributed by atoms with Crippen molar-refractivity contribution in [3.8, 4) is 10.6 Å². The lowest BCUT2D eigenvalue weighted by molar-refractivity contribution is -0.0211. The van der Waals surface area contributed by atoms with Gasteiger partial charge in [0.2, 0.25) is 0 Å². The van der Waals surface area contributed by atoms with Crippen LogP contribution in [0.15, 0.2) is 30.5 Å². The molecular formula is C21H25FN6O3S. The molecule has 0 bridgehead atoms. The zero-order valence-electron chi connectivity index (χ0n) is 17.7. The van der Waals surface area contributed by atoms with Crippen molar-refractivity contribution in [2.45, 2.75) is 31.1 Å². The van der Waals surface area contributed by atoms with E-state index in [9.17, 15) is 9.18 Å². The first kappa shape index (κ1) is 22.3. The van der Waals surface area contributed by atoms with Crippen molar-refractivity contribution in [2.24, 2.45) is 12.8 Å². The highest BCUT2D eigenvalue weighted by Gasteiger charge is 2.30. The van der Waals surface area contributed by atoms with Gasteiger partial charge in [0.05, 0.1) is 30.3 Å². The second-order valence-electron chi connectivity index (χ2n) is 7.57. The number of aromatic nitrogens is 3. The summed E-state index contributed by atoms with van der Waals surface area (Å²) in [5.74, 6) is -0.934. The summed E-state index contributed by atoms with van der Waals surface area (Å²) in [6.45, 7) is 0.339. The molecule has 0 unspecified atom stereocenters. The molecule has 3 heterocycles. The second kappa shape index (κ2) is 9.33. The monoisotopic (exact) mass is 460 g/mol. The number of amides is 1. The van der Waals surface area contributed by atoms with E-state index < -0.39 is 11.7 Å². The van der Waals surface area contributed by atoms with Crippen molar-refractivity contribution in [3.63, 3.8) is 0 Å². The van der Waals surface area contributed by atoms with Crippen molar-refractivity contribution < 1.29 is 18.7 Å². The number of carbonyl (C=O) groups excluding carboxylic acids is 1. The summed E-state index contributed by atoms with van der Waals surface area (Å²) in [4.78, 5) is 17.3. The molecule has 1 aromatic carbocycles. The van der Waals surface area contributed by atoms with Gasteiger partial charge in [0.1, 0.15) is 21.9 Å². The first-order valence-electron chi connectivity index (χ1n) is 10.1. The standard InChI is InChI=1S/C21H25FN6O3S/c1-28-18(15-8-7-13(23)16(30-2)10-31-15)14(9-25-28)26-20(29)17-19(24)32-21(27-17)11-5-3-4-6-12(11)22/h3-6,9,13,15-16H,7-8,10,23-24H2,1-2H3,(H,26,29)/t13-,15-,16+/m1/s1. The minimum absolute atomic E-state index is 0.0336. The maximum Gasteiger partial charge on any atom is 0.277 e. The molecule has 5 N–H and O–H groups in total. The number of anilines is 2. The topological polar surface area (TPSA) is 130 Å². The summed E-state index contributed by atoms with van der Waals surface area (Å²) in [5, 5.41) is 7.64. The normalized spacial score (nSPS) is 21.3. The molecule has 11 heteroatoms. The number of hydrogen-bond acceptors (Lipinski definition) is 8. The summed E-state index contributed by atoms with van der Waals surface area (Å²) in [5.41, 5.74) is 13.7. The van der Waals surface area contributed by atoms with Gasteiger partial charge >= 0.3 is 0 Å². The van der Waals surface area contributed by atoms with E-state index in [4.69, 9.17) is 20.9 Å². The number of thiazole rings is 1. The number of ether oxygens (including phenoxy) is 2. The van der Waals surface area contributed by atoms with Gasteiger partial charge in [0.15, 0.2) is 5.69 Å². The number of aryl methyl sites for hydroxylation is 1. The molecule has 32 heavy (non-hydrogen) atoms. The summed E-state index contributed by atoms with van der Waals surface area (Å²) in [6.07, 6.45) is 2.39. The number of nitrogen functional groups attached to an aromatic ring is 1. The van der Waals surface area contributed by atoms with Crippen LogP contribution in [-0.4, -0.2) is 46.5 Å². The SMILES string of the molecule is CO[C@H]1CO[C@@H](c2c(NC(=O)c3nc(-c4ccccc4F)sc3N)cnn2C)CC[C@H]1N. The van der Waals surface area contributed by atoms with Gasteiger partial charge in [-0.3, -0.25) is 9.48 Å². The molecule has 3 aromatic rings. The fourth-order valence-electron chi connectivity index (χ4n) is 3.76. The molecule has 0 radical (unpaired) electrons. The number of benzene rings is 1. The Balaban J connectivity index is 1.56. The Labute approximate surface area is 188 Å². The van der Waals surface area contributed by atoms with Crippen molar-refractivity contribution in [3.05, 3.63) is 47.7 Å². The van der Waals surface area contributed by atoms with E-state index in [1.165, 1.54) is 6.07 Å². The third-order valence-corrected chi connectivity index (χ3v) is 6.43. The number of methoxy groups -OCH3 is 1. The van der Waals surface area contributed by atoms with E-state index >= 15 is 0 Å². The Morgan fingerprint density at radius 3 is 2.91 bits per heavy atom. The van der Waals surface area contributed by atoms with Gasteiger partial charge in [-0.2, -0.15) is 5.10 Å². The van der Waals surface area contributed by atoms with E-state index in [0.717, 1.165) is 11.3 Å². The van der Waals surface area contributed by atoms with Gasteiger partial charge in [0, 0.05) is 25.8 Å². The smallest absolute Gasteiger partial charge is 0.277 e. The summed E-state index contributed by atoms with van der Waals surface area (Å²) in [7, 11) is 3.39. The van der Waals surface area contributed by atoms with Crippen LogP contribution in [0.2, 0.25) is 0 Å². The van der Waals surface area contributed by atoms with Gasteiger partial charge in [-0.25, -0.2) is 9.37 Å². The minimum atomic E-state index is -0.504. The van der Waals surface area contributed by atoms with Gasteiger partial charge in [0.25, 0.3) is 5.91 Å². The van der Waals surface area contributed by atoms with Crippen LogP contribution in [0.5, 0.6) is 0 Å². The van der Waals surface area contributed by atoms with Crippen molar-refractivity contribution in [1.82, 2.24) is 14.8 Å². The van der Waals surface area contributed by atoms with Crippen LogP contribution >= 0.6 is 11.3 Å². The summed E-state index contributed by atoms with van der Waals surface area (Å²) < 4.78 is 27.2. The van der Waals surface area contributed by atoms with Crippen LogP contribution < -0.4 is 16.8 Å². The second-order valence-corrected chi connectivity index (χ2v) is 8.60. The molecule has 9 nitrogen and oxygen atoms in total. The maximum absolute atomic E-state index is 14.1. The minimum Gasteiger partial charge on any atom is -0.389 e. The predicted octanol–water partition coefficient (Wildman–Crippen LogP) is 2.71. The van der Waals surface area contributed by atoms with Gasteiger partial charge in [-0.1, -0.05) is 23.5 Å². The zero-order valence-corrected chi connectivity index (χ0v) is 18.6. The molecule has 170 valence electrons. The number of carbonyl (C=O) groups is 1. The molecule has 1 fully saturated rings. The molecule has 0 spiro atoms. The Hall–Kier alpha value is -2.86. The van der Waals surface area contributed by atoms with Gasteiger partial charge in [-0.15, -0.1) is 0 Å². The number of halogens is 1. The molecular weight excluding hydrogens is 435 g/mol.